The number of aliphatic imine (C=N–C) groups is 1. The summed E-state index contributed by atoms with van der Waals surface area (Å²) in [4.78, 5) is 10.1. The Labute approximate surface area is 244 Å². The number of aryl methyl sites for hydroxylation is 1. The fraction of sp³-hybridized carbons (Fsp3) is 0.500. The van der Waals surface area contributed by atoms with E-state index in [2.05, 4.69) is 21.3 Å². The molecule has 41 heavy (non-hydrogen) atoms. The number of nitrogens with one attached hydrogen (secondary N) is 2. The van der Waals surface area contributed by atoms with Crippen molar-refractivity contribution in [2.24, 2.45) is 33.7 Å². The third-order valence-electron chi connectivity index (χ3n) is 8.09. The van der Waals surface area contributed by atoms with Crippen LogP contribution in [0, 0.1) is 22.7 Å². The maximum absolute atomic E-state index is 13.1. The Morgan fingerprint density at radius 3 is 2.66 bits per heavy atom. The predicted octanol–water partition coefficient (Wildman–Crippen LogP) is 6.70. The molecule has 7 rings (SSSR count). The number of allylic oxidation sites excluding steroid dienone is 4. The monoisotopic (exact) mass is 588 g/mol. The van der Waals surface area contributed by atoms with E-state index in [-0.39, 0.29) is 43.5 Å². The smallest absolute Gasteiger partial charge is 0.394 e. The summed E-state index contributed by atoms with van der Waals surface area (Å²) >= 11 is 1.35. The lowest BCUT2D eigenvalue weighted by Gasteiger charge is -2.35. The van der Waals surface area contributed by atoms with E-state index in [0.29, 0.717) is 17.2 Å². The Hall–Kier alpha value is -3.21. The van der Waals surface area contributed by atoms with Crippen LogP contribution >= 0.6 is 11.9 Å². The number of aromatic nitrogens is 1. The standard InChI is InChI=1S/C30H39F3N6OS/c1-20-25(28(35)36)9-10-26(37-15-11-27(34)40-16-14-29(12-13-29)30(31,32)33)22-17-21(18-22)5-3-2-4-6-23-7-8-24(19-38-23)41-39-20/h7-11,15,19,21-22,39H,1-6,12-14,16-18,34H2,(H3,35,36)/b25-9?,26-10+,27-11?,37-15?. The van der Waals surface area contributed by atoms with Crippen LogP contribution < -0.4 is 16.2 Å². The number of amidine groups is 1. The van der Waals surface area contributed by atoms with Crippen molar-refractivity contribution >= 4 is 24.0 Å². The van der Waals surface area contributed by atoms with Crippen LogP contribution in [0.3, 0.4) is 0 Å². The summed E-state index contributed by atoms with van der Waals surface area (Å²) in [5, 5.41) is 8.07. The lowest BCUT2D eigenvalue weighted by molar-refractivity contribution is -0.191. The molecule has 0 saturated heterocycles. The van der Waals surface area contributed by atoms with Crippen molar-refractivity contribution in [2.45, 2.75) is 75.3 Å². The van der Waals surface area contributed by atoms with Crippen LogP contribution in [0.15, 0.2) is 75.9 Å². The lowest BCUT2D eigenvalue weighted by Crippen LogP contribution is -2.26. The van der Waals surface area contributed by atoms with E-state index in [9.17, 15) is 13.2 Å². The van der Waals surface area contributed by atoms with Crippen LogP contribution in [0.5, 0.6) is 0 Å². The molecule has 0 unspecified atom stereocenters. The van der Waals surface area contributed by atoms with Crippen molar-refractivity contribution < 1.29 is 17.9 Å². The van der Waals surface area contributed by atoms with Gasteiger partial charge < -0.3 is 20.9 Å². The van der Waals surface area contributed by atoms with Crippen LogP contribution in [0.1, 0.15) is 63.5 Å². The Kier molecular flexibility index (Phi) is 10.2. The zero-order valence-electron chi connectivity index (χ0n) is 23.2. The van der Waals surface area contributed by atoms with Gasteiger partial charge in [0.1, 0.15) is 5.84 Å². The molecule has 4 aliphatic heterocycles. The summed E-state index contributed by atoms with van der Waals surface area (Å²) in [6, 6.07) is 4.06. The number of nitrogens with two attached hydrogens (primary N) is 2. The molecule has 2 fully saturated rings. The second-order valence-electron chi connectivity index (χ2n) is 11.1. The van der Waals surface area contributed by atoms with Gasteiger partial charge in [0.25, 0.3) is 0 Å². The molecular formula is C30H39F3N6OS. The second-order valence-corrected chi connectivity index (χ2v) is 12.0. The molecule has 6 aliphatic rings. The summed E-state index contributed by atoms with van der Waals surface area (Å²) in [6.07, 6.45) is 12.0. The van der Waals surface area contributed by atoms with Gasteiger partial charge in [-0.15, -0.1) is 0 Å². The Bertz CT molecular complexity index is 1210. The molecule has 0 aromatic carbocycles. The zero-order valence-corrected chi connectivity index (χ0v) is 24.0. The Balaban J connectivity index is 1.45. The molecule has 1 aromatic rings. The number of alkyl halides is 3. The third kappa shape index (κ3) is 8.64. The Morgan fingerprint density at radius 2 is 2.00 bits per heavy atom. The van der Waals surface area contributed by atoms with Crippen LogP contribution in [-0.2, 0) is 11.2 Å². The quantitative estimate of drug-likeness (QED) is 0.122. The molecule has 0 spiro atoms. The number of hydrogen-bond donors (Lipinski definition) is 4. The number of rotatable bonds is 7. The number of hydrogen-bond acceptors (Lipinski definition) is 7. The maximum Gasteiger partial charge on any atom is 0.394 e. The van der Waals surface area contributed by atoms with E-state index >= 15 is 0 Å². The van der Waals surface area contributed by atoms with E-state index in [1.165, 1.54) is 43.5 Å². The van der Waals surface area contributed by atoms with E-state index in [4.69, 9.17) is 21.6 Å². The first-order valence-electron chi connectivity index (χ1n) is 14.1. The molecule has 1 aromatic heterocycles. The molecular weight excluding hydrogens is 549 g/mol. The average molecular weight is 589 g/mol. The van der Waals surface area contributed by atoms with Crippen molar-refractivity contribution in [3.05, 3.63) is 71.7 Å². The van der Waals surface area contributed by atoms with Gasteiger partial charge in [-0.05, 0) is 87.1 Å². The van der Waals surface area contributed by atoms with E-state index < -0.39 is 11.6 Å². The molecule has 7 nitrogen and oxygen atoms in total. The highest BCUT2D eigenvalue weighted by atomic mass is 32.2. The molecule has 5 heterocycles. The molecule has 11 heteroatoms. The molecule has 6 N–H and O–H groups in total. The van der Waals surface area contributed by atoms with Gasteiger partial charge in [-0.3, -0.25) is 15.4 Å². The fourth-order valence-corrected chi connectivity index (χ4v) is 5.76. The molecule has 2 aliphatic carbocycles. The molecule has 0 radical (unpaired) electrons. The SMILES string of the molecule is C=C1NSc2ccc(nc2)CCCCCC2CC(C2)/C(N=CC=C(N)OCCC2(C(F)(F)F)CC2)=C\C=C1C(=N)N. The average Bonchev–Trinajstić information content (AvgIpc) is 3.69. The van der Waals surface area contributed by atoms with Crippen LogP contribution in [0.4, 0.5) is 13.2 Å². The minimum atomic E-state index is -4.21. The van der Waals surface area contributed by atoms with Crippen LogP contribution in [0.2, 0.25) is 0 Å². The summed E-state index contributed by atoms with van der Waals surface area (Å²) in [6.45, 7) is 3.96. The van der Waals surface area contributed by atoms with Crippen molar-refractivity contribution in [3.63, 3.8) is 0 Å². The highest BCUT2D eigenvalue weighted by Crippen LogP contribution is 2.59. The molecule has 0 amide bonds. The molecule has 0 atom stereocenters. The molecule has 2 saturated carbocycles. The number of halogens is 3. The van der Waals surface area contributed by atoms with Gasteiger partial charge in [0.05, 0.1) is 12.0 Å². The van der Waals surface area contributed by atoms with Gasteiger partial charge in [0.2, 0.25) is 0 Å². The highest BCUT2D eigenvalue weighted by Gasteiger charge is 2.62. The van der Waals surface area contributed by atoms with Gasteiger partial charge >= 0.3 is 6.18 Å². The van der Waals surface area contributed by atoms with Crippen molar-refractivity contribution in [1.29, 1.82) is 5.41 Å². The minimum absolute atomic E-state index is 0.0203. The largest absolute Gasteiger partial charge is 0.479 e. The summed E-state index contributed by atoms with van der Waals surface area (Å²) in [5.74, 6) is 0.773. The van der Waals surface area contributed by atoms with Crippen molar-refractivity contribution in [3.8, 4) is 0 Å². The van der Waals surface area contributed by atoms with Crippen LogP contribution in [-0.4, -0.2) is 29.8 Å². The summed E-state index contributed by atoms with van der Waals surface area (Å²) in [7, 11) is 0. The summed E-state index contributed by atoms with van der Waals surface area (Å²) < 4.78 is 47.9. The number of pyridine rings is 1. The first-order chi connectivity index (χ1) is 19.6. The van der Waals surface area contributed by atoms with Crippen LogP contribution in [0.25, 0.3) is 0 Å². The van der Waals surface area contributed by atoms with Gasteiger partial charge in [0.15, 0.2) is 5.88 Å². The molecule has 222 valence electrons. The highest BCUT2D eigenvalue weighted by molar-refractivity contribution is 7.97. The molecule has 4 bridgehead atoms. The normalized spacial score (nSPS) is 25.0. The Morgan fingerprint density at radius 1 is 1.22 bits per heavy atom. The van der Waals surface area contributed by atoms with E-state index in [1.807, 2.05) is 24.4 Å². The fourth-order valence-electron chi connectivity index (χ4n) is 5.16. The third-order valence-corrected chi connectivity index (χ3v) is 8.92. The predicted molar refractivity (Wildman–Crippen MR) is 158 cm³/mol. The number of nitrogens with zero attached hydrogens (tertiary/aromatic N) is 2. The van der Waals surface area contributed by atoms with Gasteiger partial charge in [-0.2, -0.15) is 13.2 Å². The van der Waals surface area contributed by atoms with E-state index in [0.717, 1.165) is 42.0 Å². The first kappa shape index (κ1) is 30.7. The number of ether oxygens (including phenoxy) is 1. The van der Waals surface area contributed by atoms with Gasteiger partial charge in [-0.25, -0.2) is 0 Å². The van der Waals surface area contributed by atoms with Crippen molar-refractivity contribution in [2.75, 3.05) is 6.61 Å². The second kappa shape index (κ2) is 13.6. The van der Waals surface area contributed by atoms with E-state index in [1.54, 1.807) is 6.08 Å². The topological polar surface area (TPSA) is 122 Å². The zero-order chi connectivity index (χ0) is 29.5. The lowest BCUT2D eigenvalue weighted by atomic mass is 9.71. The van der Waals surface area contributed by atoms with Crippen molar-refractivity contribution in [1.82, 2.24) is 9.71 Å². The maximum atomic E-state index is 13.1. The first-order valence-corrected chi connectivity index (χ1v) is 14.9. The minimum Gasteiger partial charge on any atom is -0.479 e. The summed E-state index contributed by atoms with van der Waals surface area (Å²) in [5.41, 5.74) is 13.0. The van der Waals surface area contributed by atoms with Gasteiger partial charge in [-0.1, -0.05) is 25.8 Å². The van der Waals surface area contributed by atoms with Gasteiger partial charge in [0, 0.05) is 52.0 Å².